The van der Waals surface area contributed by atoms with Gasteiger partial charge in [-0.15, -0.1) is 11.8 Å². The SMILES string of the molecule is C[C@@H](NC(=O)OCC1c2ccccc2-c2ccccc21)C(=O)N1CSC[C@H]1C(=O)O. The Morgan fingerprint density at radius 1 is 1.13 bits per heavy atom. The van der Waals surface area contributed by atoms with E-state index < -0.39 is 30.1 Å². The molecule has 2 aromatic rings. The Kier molecular flexibility index (Phi) is 5.67. The van der Waals surface area contributed by atoms with Gasteiger partial charge in [-0.1, -0.05) is 48.5 Å². The quantitative estimate of drug-likeness (QED) is 0.763. The fraction of sp³-hybridized carbons (Fsp3) is 0.318. The van der Waals surface area contributed by atoms with E-state index in [1.165, 1.54) is 23.6 Å². The number of carbonyl (C=O) groups excluding carboxylic acids is 2. The van der Waals surface area contributed by atoms with Crippen molar-refractivity contribution in [1.29, 1.82) is 0 Å². The van der Waals surface area contributed by atoms with Crippen LogP contribution in [-0.2, 0) is 14.3 Å². The normalized spacial score (nSPS) is 18.4. The molecule has 0 spiro atoms. The highest BCUT2D eigenvalue weighted by Crippen LogP contribution is 2.44. The van der Waals surface area contributed by atoms with Crippen molar-refractivity contribution in [3.63, 3.8) is 0 Å². The Balaban J connectivity index is 1.38. The molecule has 1 aliphatic heterocycles. The summed E-state index contributed by atoms with van der Waals surface area (Å²) in [6.45, 7) is 1.68. The Morgan fingerprint density at radius 2 is 1.73 bits per heavy atom. The molecule has 0 unspecified atom stereocenters. The first-order chi connectivity index (χ1) is 14.5. The van der Waals surface area contributed by atoms with E-state index in [0.717, 1.165) is 22.3 Å². The molecule has 2 N–H and O–H groups in total. The van der Waals surface area contributed by atoms with Crippen molar-refractivity contribution < 1.29 is 24.2 Å². The Morgan fingerprint density at radius 3 is 2.33 bits per heavy atom. The van der Waals surface area contributed by atoms with Gasteiger partial charge in [-0.05, 0) is 29.2 Å². The van der Waals surface area contributed by atoms with Crippen molar-refractivity contribution in [2.24, 2.45) is 0 Å². The first-order valence-corrected chi connectivity index (χ1v) is 10.9. The van der Waals surface area contributed by atoms with E-state index >= 15 is 0 Å². The maximum Gasteiger partial charge on any atom is 0.407 e. The molecule has 2 atom stereocenters. The van der Waals surface area contributed by atoms with Crippen molar-refractivity contribution in [3.05, 3.63) is 59.7 Å². The molecule has 0 bridgehead atoms. The van der Waals surface area contributed by atoms with Gasteiger partial charge < -0.3 is 20.1 Å². The maximum atomic E-state index is 12.6. The van der Waals surface area contributed by atoms with E-state index in [9.17, 15) is 19.5 Å². The number of hydrogen-bond donors (Lipinski definition) is 2. The highest BCUT2D eigenvalue weighted by molar-refractivity contribution is 7.99. The Bertz CT molecular complexity index is 949. The number of nitrogens with one attached hydrogen (secondary N) is 1. The highest BCUT2D eigenvalue weighted by Gasteiger charge is 2.37. The van der Waals surface area contributed by atoms with Gasteiger partial charge in [-0.2, -0.15) is 0 Å². The zero-order valence-electron chi connectivity index (χ0n) is 16.4. The average molecular weight is 426 g/mol. The van der Waals surface area contributed by atoms with Crippen molar-refractivity contribution in [2.75, 3.05) is 18.2 Å². The summed E-state index contributed by atoms with van der Waals surface area (Å²) < 4.78 is 5.46. The lowest BCUT2D eigenvalue weighted by Gasteiger charge is -2.24. The van der Waals surface area contributed by atoms with Gasteiger partial charge >= 0.3 is 12.1 Å². The Labute approximate surface area is 178 Å². The minimum absolute atomic E-state index is 0.0690. The standard InChI is InChI=1S/C22H22N2O5S/c1-13(20(25)24-12-30-11-19(24)21(26)27)23-22(28)29-10-18-16-8-4-2-6-14(16)15-7-3-5-9-17(15)18/h2-9,13,18-19H,10-12H2,1H3,(H,23,28)(H,26,27)/t13-,19+/m1/s1. The van der Waals surface area contributed by atoms with Gasteiger partial charge in [0, 0.05) is 11.7 Å². The second kappa shape index (κ2) is 8.39. The van der Waals surface area contributed by atoms with Crippen LogP contribution in [0.15, 0.2) is 48.5 Å². The van der Waals surface area contributed by atoms with Crippen LogP contribution in [0.1, 0.15) is 24.0 Å². The van der Waals surface area contributed by atoms with Gasteiger partial charge in [0.2, 0.25) is 5.91 Å². The summed E-state index contributed by atoms with van der Waals surface area (Å²) in [7, 11) is 0. The summed E-state index contributed by atoms with van der Waals surface area (Å²) in [5.41, 5.74) is 4.48. The van der Waals surface area contributed by atoms with E-state index in [0.29, 0.717) is 11.6 Å². The largest absolute Gasteiger partial charge is 0.480 e. The third-order valence-corrected chi connectivity index (χ3v) is 6.51. The van der Waals surface area contributed by atoms with Gasteiger partial charge in [0.1, 0.15) is 18.7 Å². The Hall–Kier alpha value is -3.00. The van der Waals surface area contributed by atoms with Crippen LogP contribution in [0.25, 0.3) is 11.1 Å². The van der Waals surface area contributed by atoms with E-state index in [1.807, 2.05) is 36.4 Å². The molecule has 0 radical (unpaired) electrons. The molecule has 4 rings (SSSR count). The van der Waals surface area contributed by atoms with Crippen LogP contribution in [0.2, 0.25) is 0 Å². The summed E-state index contributed by atoms with van der Waals surface area (Å²) >= 11 is 1.38. The molecule has 0 saturated carbocycles. The van der Waals surface area contributed by atoms with E-state index in [4.69, 9.17) is 4.74 Å². The number of carbonyl (C=O) groups is 3. The monoisotopic (exact) mass is 426 g/mol. The van der Waals surface area contributed by atoms with Gasteiger partial charge in [-0.3, -0.25) is 4.79 Å². The van der Waals surface area contributed by atoms with Crippen LogP contribution in [0.4, 0.5) is 4.79 Å². The molecule has 2 aromatic carbocycles. The number of carboxylic acid groups (broad SMARTS) is 1. The number of aliphatic carboxylic acids is 1. The second-order valence-corrected chi connectivity index (χ2v) is 8.35. The van der Waals surface area contributed by atoms with Crippen LogP contribution in [-0.4, -0.2) is 58.3 Å². The van der Waals surface area contributed by atoms with Crippen LogP contribution in [0.3, 0.4) is 0 Å². The summed E-state index contributed by atoms with van der Waals surface area (Å²) in [6, 6.07) is 14.3. The molecule has 1 fully saturated rings. The summed E-state index contributed by atoms with van der Waals surface area (Å²) in [5.74, 6) is -0.895. The topological polar surface area (TPSA) is 95.9 Å². The lowest BCUT2D eigenvalue weighted by Crippen LogP contribution is -2.51. The molecular weight excluding hydrogens is 404 g/mol. The van der Waals surface area contributed by atoms with Crippen LogP contribution in [0.5, 0.6) is 0 Å². The van der Waals surface area contributed by atoms with Gasteiger partial charge in [-0.25, -0.2) is 9.59 Å². The smallest absolute Gasteiger partial charge is 0.407 e. The van der Waals surface area contributed by atoms with Crippen molar-refractivity contribution in [3.8, 4) is 11.1 Å². The minimum Gasteiger partial charge on any atom is -0.480 e. The molecule has 1 saturated heterocycles. The fourth-order valence-corrected chi connectivity index (χ4v) is 5.15. The molecule has 7 nitrogen and oxygen atoms in total. The van der Waals surface area contributed by atoms with Crippen molar-refractivity contribution >= 4 is 29.7 Å². The van der Waals surface area contributed by atoms with Crippen molar-refractivity contribution in [2.45, 2.75) is 24.9 Å². The molecular formula is C22H22N2O5S. The number of carboxylic acids is 1. The number of nitrogens with zero attached hydrogens (tertiary/aromatic N) is 1. The number of fused-ring (bicyclic) bond motifs is 3. The van der Waals surface area contributed by atoms with Gasteiger partial charge in [0.05, 0.1) is 5.88 Å². The first kappa shape index (κ1) is 20.3. The predicted octanol–water partition coefficient (Wildman–Crippen LogP) is 2.90. The van der Waals surface area contributed by atoms with Crippen LogP contribution >= 0.6 is 11.8 Å². The minimum atomic E-state index is -1.04. The highest BCUT2D eigenvalue weighted by atomic mass is 32.2. The third-order valence-electron chi connectivity index (χ3n) is 5.50. The van der Waals surface area contributed by atoms with Gasteiger partial charge in [0.25, 0.3) is 0 Å². The first-order valence-electron chi connectivity index (χ1n) is 9.70. The predicted molar refractivity (Wildman–Crippen MR) is 113 cm³/mol. The summed E-state index contributed by atoms with van der Waals surface area (Å²) in [5, 5.41) is 11.8. The lowest BCUT2D eigenvalue weighted by molar-refractivity contribution is -0.148. The molecule has 8 heteroatoms. The van der Waals surface area contributed by atoms with Crippen LogP contribution in [0, 0.1) is 0 Å². The summed E-state index contributed by atoms with van der Waals surface area (Å²) in [4.78, 5) is 37.5. The lowest BCUT2D eigenvalue weighted by atomic mass is 9.98. The summed E-state index contributed by atoms with van der Waals surface area (Å²) in [6.07, 6.45) is -0.698. The molecule has 1 aliphatic carbocycles. The fourth-order valence-electron chi connectivity index (χ4n) is 3.99. The zero-order valence-corrected chi connectivity index (χ0v) is 17.2. The number of benzene rings is 2. The van der Waals surface area contributed by atoms with Crippen molar-refractivity contribution in [1.82, 2.24) is 10.2 Å². The molecule has 30 heavy (non-hydrogen) atoms. The number of hydrogen-bond acceptors (Lipinski definition) is 5. The van der Waals surface area contributed by atoms with Gasteiger partial charge in [0.15, 0.2) is 0 Å². The van der Waals surface area contributed by atoms with E-state index in [1.54, 1.807) is 0 Å². The number of amides is 2. The van der Waals surface area contributed by atoms with E-state index in [-0.39, 0.29) is 12.5 Å². The number of alkyl carbamates (subject to hydrolysis) is 1. The molecule has 1 heterocycles. The molecule has 156 valence electrons. The number of rotatable bonds is 5. The third kappa shape index (κ3) is 3.75. The van der Waals surface area contributed by atoms with E-state index in [2.05, 4.69) is 17.4 Å². The number of thioether (sulfide) groups is 1. The molecule has 2 amide bonds. The maximum absolute atomic E-state index is 12.6. The average Bonchev–Trinajstić information content (AvgIpc) is 3.35. The number of ether oxygens (including phenoxy) is 1. The van der Waals surface area contributed by atoms with Crippen LogP contribution < -0.4 is 5.32 Å². The molecule has 0 aromatic heterocycles. The molecule has 2 aliphatic rings. The zero-order chi connectivity index (χ0) is 21.3. The second-order valence-electron chi connectivity index (χ2n) is 7.35.